The number of nitrogens with zero attached hydrogens (tertiary/aromatic N) is 1. The van der Waals surface area contributed by atoms with E-state index in [1.165, 1.54) is 17.2 Å². The van der Waals surface area contributed by atoms with Crippen LogP contribution >= 0.6 is 0 Å². The van der Waals surface area contributed by atoms with Gasteiger partial charge in [0.2, 0.25) is 0 Å². The van der Waals surface area contributed by atoms with Crippen molar-refractivity contribution in [3.63, 3.8) is 0 Å². The molecule has 148 valence electrons. The molecule has 3 rings (SSSR count). The maximum absolute atomic E-state index is 12.3. The number of benzene rings is 2. The molecule has 8 heteroatoms. The fourth-order valence-electron chi connectivity index (χ4n) is 2.75. The number of hydrogen-bond donors (Lipinski definition) is 0. The quantitative estimate of drug-likeness (QED) is 0.687. The Morgan fingerprint density at radius 2 is 1.82 bits per heavy atom. The van der Waals surface area contributed by atoms with Crippen LogP contribution in [-0.2, 0) is 26.9 Å². The molecular weight excluding hydrogens is 382 g/mol. The van der Waals surface area contributed by atoms with Crippen molar-refractivity contribution in [2.75, 3.05) is 33.1 Å². The molecule has 0 unspecified atom stereocenters. The van der Waals surface area contributed by atoms with E-state index in [1.54, 1.807) is 25.2 Å². The average Bonchev–Trinajstić information content (AvgIpc) is 2.71. The summed E-state index contributed by atoms with van der Waals surface area (Å²) < 4.78 is 27.9. The van der Waals surface area contributed by atoms with Crippen LogP contribution in [0.5, 0.6) is 11.5 Å². The largest absolute Gasteiger partial charge is 0.486 e. The van der Waals surface area contributed by atoms with Crippen molar-refractivity contribution in [2.45, 2.75) is 11.4 Å². The van der Waals surface area contributed by atoms with E-state index in [0.29, 0.717) is 36.2 Å². The van der Waals surface area contributed by atoms with E-state index in [1.807, 2.05) is 18.2 Å². The van der Waals surface area contributed by atoms with Gasteiger partial charge in [-0.25, -0.2) is 4.79 Å². The number of amides is 1. The van der Waals surface area contributed by atoms with Crippen LogP contribution in [0, 0.1) is 0 Å². The van der Waals surface area contributed by atoms with E-state index in [-0.39, 0.29) is 11.5 Å². The van der Waals surface area contributed by atoms with Gasteiger partial charge < -0.3 is 19.1 Å². The van der Waals surface area contributed by atoms with Crippen molar-refractivity contribution in [3.8, 4) is 11.5 Å². The average molecular weight is 403 g/mol. The van der Waals surface area contributed by atoms with Gasteiger partial charge in [-0.05, 0) is 29.8 Å². The smallest absolute Gasteiger partial charge is 0.339 e. The Morgan fingerprint density at radius 1 is 1.11 bits per heavy atom. The van der Waals surface area contributed by atoms with Gasteiger partial charge in [0, 0.05) is 19.8 Å². The van der Waals surface area contributed by atoms with E-state index < -0.39 is 23.4 Å². The van der Waals surface area contributed by atoms with Crippen LogP contribution in [0.15, 0.2) is 47.4 Å². The first kappa shape index (κ1) is 19.9. The zero-order valence-electron chi connectivity index (χ0n) is 15.7. The van der Waals surface area contributed by atoms with Gasteiger partial charge in [0.05, 0.1) is 21.3 Å². The molecule has 1 amide bonds. The highest BCUT2D eigenvalue weighted by Gasteiger charge is 2.18. The highest BCUT2D eigenvalue weighted by atomic mass is 32.2. The summed E-state index contributed by atoms with van der Waals surface area (Å²) in [4.78, 5) is 26.4. The summed E-state index contributed by atoms with van der Waals surface area (Å²) >= 11 is 0. The topological polar surface area (TPSA) is 82.1 Å². The van der Waals surface area contributed by atoms with Crippen LogP contribution in [0.1, 0.15) is 15.9 Å². The van der Waals surface area contributed by atoms with Crippen LogP contribution in [0.2, 0.25) is 0 Å². The SMILES string of the molecule is CN(Cc1ccc2c(c1)OCCO2)C(=O)COC(=O)c1ccccc1[S@@](C)=O. The Kier molecular flexibility index (Phi) is 6.30. The van der Waals surface area contributed by atoms with Gasteiger partial charge >= 0.3 is 5.97 Å². The molecule has 1 aliphatic rings. The minimum atomic E-state index is -1.33. The number of rotatable bonds is 6. The third-order valence-corrected chi connectivity index (χ3v) is 5.17. The van der Waals surface area contributed by atoms with E-state index in [2.05, 4.69) is 0 Å². The second-order valence-electron chi connectivity index (χ2n) is 6.25. The molecule has 2 aromatic rings. The molecule has 0 saturated heterocycles. The Labute approximate surface area is 165 Å². The molecule has 0 fully saturated rings. The maximum atomic E-state index is 12.3. The number of carbonyl (C=O) groups is 2. The van der Waals surface area contributed by atoms with E-state index >= 15 is 0 Å². The Hall–Kier alpha value is -2.87. The van der Waals surface area contributed by atoms with Gasteiger partial charge in [-0.2, -0.15) is 0 Å². The monoisotopic (exact) mass is 403 g/mol. The third-order valence-electron chi connectivity index (χ3n) is 4.20. The summed E-state index contributed by atoms with van der Waals surface area (Å²) in [6, 6.07) is 12.0. The maximum Gasteiger partial charge on any atom is 0.339 e. The van der Waals surface area contributed by atoms with Crippen molar-refractivity contribution in [1.29, 1.82) is 0 Å². The summed E-state index contributed by atoms with van der Waals surface area (Å²) in [6.07, 6.45) is 1.48. The molecule has 7 nitrogen and oxygen atoms in total. The Bertz CT molecular complexity index is 913. The van der Waals surface area contributed by atoms with Crippen LogP contribution < -0.4 is 9.47 Å². The third kappa shape index (κ3) is 4.69. The molecule has 0 radical (unpaired) electrons. The van der Waals surface area contributed by atoms with Crippen molar-refractivity contribution in [3.05, 3.63) is 53.6 Å². The number of ether oxygens (including phenoxy) is 3. The molecule has 0 spiro atoms. The van der Waals surface area contributed by atoms with Gasteiger partial charge in [0.15, 0.2) is 18.1 Å². The lowest BCUT2D eigenvalue weighted by atomic mass is 10.2. The molecule has 0 aromatic heterocycles. The second-order valence-corrected chi connectivity index (χ2v) is 7.60. The predicted molar refractivity (Wildman–Crippen MR) is 103 cm³/mol. The molecule has 0 N–H and O–H groups in total. The Morgan fingerprint density at radius 3 is 2.57 bits per heavy atom. The summed E-state index contributed by atoms with van der Waals surface area (Å²) in [6.45, 7) is 0.948. The number of esters is 1. The van der Waals surface area contributed by atoms with Gasteiger partial charge in [-0.3, -0.25) is 9.00 Å². The molecule has 28 heavy (non-hydrogen) atoms. The van der Waals surface area contributed by atoms with Gasteiger partial charge in [0.1, 0.15) is 13.2 Å². The van der Waals surface area contributed by atoms with E-state index in [0.717, 1.165) is 5.56 Å². The molecule has 1 atom stereocenters. The summed E-state index contributed by atoms with van der Waals surface area (Å²) in [7, 11) is 0.297. The molecule has 0 aliphatic carbocycles. The first-order chi connectivity index (χ1) is 13.5. The lowest BCUT2D eigenvalue weighted by molar-refractivity contribution is -0.133. The van der Waals surface area contributed by atoms with Crippen molar-refractivity contribution >= 4 is 22.7 Å². The molecule has 1 heterocycles. The van der Waals surface area contributed by atoms with Gasteiger partial charge in [0.25, 0.3) is 5.91 Å². The normalized spacial score (nSPS) is 13.5. The van der Waals surface area contributed by atoms with E-state index in [4.69, 9.17) is 14.2 Å². The molecule has 2 aromatic carbocycles. The van der Waals surface area contributed by atoms with Gasteiger partial charge in [-0.15, -0.1) is 0 Å². The minimum Gasteiger partial charge on any atom is -0.486 e. The summed E-state index contributed by atoms with van der Waals surface area (Å²) in [5.74, 6) is 0.315. The van der Waals surface area contributed by atoms with Crippen molar-refractivity contribution in [1.82, 2.24) is 4.90 Å². The molecule has 1 aliphatic heterocycles. The van der Waals surface area contributed by atoms with Crippen molar-refractivity contribution in [2.24, 2.45) is 0 Å². The lowest BCUT2D eigenvalue weighted by Crippen LogP contribution is -2.31. The zero-order chi connectivity index (χ0) is 20.1. The first-order valence-corrected chi connectivity index (χ1v) is 10.2. The van der Waals surface area contributed by atoms with E-state index in [9.17, 15) is 13.8 Å². The fourth-order valence-corrected chi connectivity index (χ4v) is 3.48. The zero-order valence-corrected chi connectivity index (χ0v) is 16.5. The fraction of sp³-hybridized carbons (Fsp3) is 0.300. The second kappa shape index (κ2) is 8.88. The first-order valence-electron chi connectivity index (χ1n) is 8.68. The number of fused-ring (bicyclic) bond motifs is 1. The van der Waals surface area contributed by atoms with Crippen LogP contribution in [0.4, 0.5) is 0 Å². The highest BCUT2D eigenvalue weighted by Crippen LogP contribution is 2.31. The molecule has 0 saturated carbocycles. The van der Waals surface area contributed by atoms with Crippen LogP contribution in [0.3, 0.4) is 0 Å². The standard InChI is InChI=1S/C20H21NO6S/c1-21(12-14-7-8-16-17(11-14)26-10-9-25-16)19(22)13-27-20(23)15-5-3-4-6-18(15)28(2)24/h3-8,11H,9-10,12-13H2,1-2H3/t28-/m1/s1. The highest BCUT2D eigenvalue weighted by molar-refractivity contribution is 7.84. The predicted octanol–water partition coefficient (Wildman–Crippen LogP) is 2.01. The summed E-state index contributed by atoms with van der Waals surface area (Å²) in [5.41, 5.74) is 1.07. The number of carbonyl (C=O) groups excluding carboxylic acids is 2. The number of likely N-dealkylation sites (N-methyl/N-ethyl adjacent to an activating group) is 1. The lowest BCUT2D eigenvalue weighted by Gasteiger charge is -2.21. The van der Waals surface area contributed by atoms with Crippen molar-refractivity contribution < 1.29 is 28.0 Å². The van der Waals surface area contributed by atoms with Gasteiger partial charge in [-0.1, -0.05) is 18.2 Å². The molecule has 0 bridgehead atoms. The number of hydrogen-bond acceptors (Lipinski definition) is 6. The van der Waals surface area contributed by atoms with Crippen LogP contribution in [-0.4, -0.2) is 54.1 Å². The Balaban J connectivity index is 1.57. The summed E-state index contributed by atoms with van der Waals surface area (Å²) in [5, 5.41) is 0. The van der Waals surface area contributed by atoms with Crippen LogP contribution in [0.25, 0.3) is 0 Å². The minimum absolute atomic E-state index is 0.200. The molecular formula is C20H21NO6S.